The first-order valence-electron chi connectivity index (χ1n) is 6.64. The Morgan fingerprint density at radius 1 is 1.33 bits per heavy atom. The summed E-state index contributed by atoms with van der Waals surface area (Å²) in [7, 11) is 0. The van der Waals surface area contributed by atoms with Crippen molar-refractivity contribution in [3.05, 3.63) is 23.9 Å². The van der Waals surface area contributed by atoms with Crippen molar-refractivity contribution in [3.8, 4) is 0 Å². The van der Waals surface area contributed by atoms with Gasteiger partial charge in [-0.25, -0.2) is 4.98 Å². The van der Waals surface area contributed by atoms with Crippen LogP contribution in [0.25, 0.3) is 0 Å². The van der Waals surface area contributed by atoms with Gasteiger partial charge >= 0.3 is 0 Å². The van der Waals surface area contributed by atoms with Crippen LogP contribution in [0.3, 0.4) is 0 Å². The van der Waals surface area contributed by atoms with E-state index in [1.54, 1.807) is 12.3 Å². The average Bonchev–Trinajstić information content (AvgIpc) is 3.00. The van der Waals surface area contributed by atoms with Gasteiger partial charge in [-0.3, -0.25) is 4.79 Å². The molecule has 1 aromatic rings. The van der Waals surface area contributed by atoms with E-state index in [-0.39, 0.29) is 12.1 Å². The maximum Gasteiger partial charge on any atom is 0.151 e. The van der Waals surface area contributed by atoms with Gasteiger partial charge in [0, 0.05) is 18.3 Å². The molecular formula is C14H16N2O2. The summed E-state index contributed by atoms with van der Waals surface area (Å²) in [5.74, 6) is 2.79. The second kappa shape index (κ2) is 3.54. The standard InChI is InChI=1S/C14H16N2O2/c17-7-8-1-2-12(15-5-8)16-6-10-3-9-4-11(10)13(16)14(9)18/h1-2,5,7,9-11,13-14,18H,3-4,6H2. The Bertz CT molecular complexity index is 485. The van der Waals surface area contributed by atoms with Crippen LogP contribution >= 0.6 is 0 Å². The Morgan fingerprint density at radius 2 is 2.22 bits per heavy atom. The molecule has 0 radical (unpaired) electrons. The third-order valence-electron chi connectivity index (χ3n) is 5.05. The molecule has 5 atom stereocenters. The lowest BCUT2D eigenvalue weighted by atomic mass is 9.88. The van der Waals surface area contributed by atoms with Crippen molar-refractivity contribution in [2.45, 2.75) is 25.0 Å². The van der Waals surface area contributed by atoms with Gasteiger partial charge in [-0.05, 0) is 42.7 Å². The van der Waals surface area contributed by atoms with Gasteiger partial charge in [0.05, 0.1) is 12.1 Å². The summed E-state index contributed by atoms with van der Waals surface area (Å²) in [5.41, 5.74) is 0.603. The molecule has 1 aliphatic heterocycles. The van der Waals surface area contributed by atoms with E-state index in [9.17, 15) is 9.90 Å². The van der Waals surface area contributed by atoms with Crippen LogP contribution in [-0.2, 0) is 0 Å². The molecule has 0 amide bonds. The van der Waals surface area contributed by atoms with Crippen LogP contribution in [0.15, 0.2) is 18.3 Å². The number of hydrogen-bond acceptors (Lipinski definition) is 4. The third kappa shape index (κ3) is 1.24. The molecule has 0 spiro atoms. The zero-order valence-corrected chi connectivity index (χ0v) is 10.1. The molecule has 4 rings (SSSR count). The van der Waals surface area contributed by atoms with Crippen molar-refractivity contribution in [1.82, 2.24) is 4.98 Å². The number of pyridine rings is 1. The van der Waals surface area contributed by atoms with Gasteiger partial charge in [-0.1, -0.05) is 0 Å². The Kier molecular flexibility index (Phi) is 2.07. The molecule has 2 bridgehead atoms. The summed E-state index contributed by atoms with van der Waals surface area (Å²) in [6.45, 7) is 1.01. The van der Waals surface area contributed by atoms with Gasteiger partial charge in [0.15, 0.2) is 6.29 Å². The summed E-state index contributed by atoms with van der Waals surface area (Å²) in [6, 6.07) is 3.95. The van der Waals surface area contributed by atoms with E-state index in [4.69, 9.17) is 0 Å². The Balaban J connectivity index is 1.67. The van der Waals surface area contributed by atoms with Crippen LogP contribution in [0, 0.1) is 17.8 Å². The normalized spacial score (nSPS) is 40.5. The van der Waals surface area contributed by atoms with Gasteiger partial charge in [0.2, 0.25) is 0 Å². The number of aliphatic hydroxyl groups excluding tert-OH is 1. The lowest BCUT2D eigenvalue weighted by molar-refractivity contribution is 0.0965. The number of aliphatic hydroxyl groups is 1. The molecule has 1 saturated heterocycles. The number of aromatic nitrogens is 1. The van der Waals surface area contributed by atoms with Gasteiger partial charge in [-0.15, -0.1) is 0 Å². The van der Waals surface area contributed by atoms with E-state index in [1.807, 2.05) is 6.07 Å². The van der Waals surface area contributed by atoms with Crippen LogP contribution in [-0.4, -0.2) is 35.1 Å². The zero-order valence-electron chi connectivity index (χ0n) is 10.1. The summed E-state index contributed by atoms with van der Waals surface area (Å²) >= 11 is 0. The van der Waals surface area contributed by atoms with Crippen molar-refractivity contribution in [2.75, 3.05) is 11.4 Å². The quantitative estimate of drug-likeness (QED) is 0.791. The molecule has 3 aliphatic rings. The molecule has 1 aromatic heterocycles. The number of rotatable bonds is 2. The lowest BCUT2D eigenvalue weighted by Gasteiger charge is -2.29. The number of aldehydes is 1. The molecule has 18 heavy (non-hydrogen) atoms. The highest BCUT2D eigenvalue weighted by Crippen LogP contribution is 2.55. The average molecular weight is 244 g/mol. The van der Waals surface area contributed by atoms with Crippen molar-refractivity contribution < 1.29 is 9.90 Å². The van der Waals surface area contributed by atoms with Crippen molar-refractivity contribution in [2.24, 2.45) is 17.8 Å². The van der Waals surface area contributed by atoms with Crippen LogP contribution in [0.2, 0.25) is 0 Å². The van der Waals surface area contributed by atoms with E-state index < -0.39 is 0 Å². The minimum absolute atomic E-state index is 0.193. The highest BCUT2D eigenvalue weighted by molar-refractivity contribution is 5.74. The molecular weight excluding hydrogens is 228 g/mol. The summed E-state index contributed by atoms with van der Waals surface area (Å²) in [4.78, 5) is 17.3. The Morgan fingerprint density at radius 3 is 2.89 bits per heavy atom. The molecule has 5 unspecified atom stereocenters. The highest BCUT2D eigenvalue weighted by Gasteiger charge is 2.59. The predicted octanol–water partition coefficient (Wildman–Crippen LogP) is 1.10. The number of hydrogen-bond donors (Lipinski definition) is 1. The minimum Gasteiger partial charge on any atom is -0.391 e. The fourth-order valence-corrected chi connectivity index (χ4v) is 4.31. The first-order chi connectivity index (χ1) is 8.78. The zero-order chi connectivity index (χ0) is 12.3. The largest absolute Gasteiger partial charge is 0.391 e. The second-order valence-electron chi connectivity index (χ2n) is 5.86. The maximum atomic E-state index is 10.6. The SMILES string of the molecule is O=Cc1ccc(N2CC3CC4CC3C2C4O)nc1. The van der Waals surface area contributed by atoms with Gasteiger partial charge in [0.25, 0.3) is 0 Å². The van der Waals surface area contributed by atoms with E-state index in [0.717, 1.165) is 24.6 Å². The van der Waals surface area contributed by atoms with E-state index in [0.29, 0.717) is 17.4 Å². The number of carbonyl (C=O) groups is 1. The number of nitrogens with zero attached hydrogens (tertiary/aromatic N) is 2. The first-order valence-corrected chi connectivity index (χ1v) is 6.64. The number of fused-ring (bicyclic) bond motifs is 1. The predicted molar refractivity (Wildman–Crippen MR) is 66.5 cm³/mol. The second-order valence-corrected chi connectivity index (χ2v) is 5.86. The van der Waals surface area contributed by atoms with Crippen LogP contribution in [0.5, 0.6) is 0 Å². The molecule has 94 valence electrons. The van der Waals surface area contributed by atoms with Crippen LogP contribution < -0.4 is 4.90 Å². The lowest BCUT2D eigenvalue weighted by Crippen LogP contribution is -2.41. The van der Waals surface area contributed by atoms with Crippen molar-refractivity contribution >= 4 is 12.1 Å². The van der Waals surface area contributed by atoms with Crippen LogP contribution in [0.4, 0.5) is 5.82 Å². The van der Waals surface area contributed by atoms with E-state index in [2.05, 4.69) is 9.88 Å². The fourth-order valence-electron chi connectivity index (χ4n) is 4.31. The molecule has 4 heteroatoms. The van der Waals surface area contributed by atoms with Crippen LogP contribution in [0.1, 0.15) is 23.2 Å². The fraction of sp³-hybridized carbons (Fsp3) is 0.571. The summed E-state index contributed by atoms with van der Waals surface area (Å²) < 4.78 is 0. The molecule has 1 N–H and O–H groups in total. The molecule has 2 heterocycles. The molecule has 2 aliphatic carbocycles. The minimum atomic E-state index is -0.193. The molecule has 4 nitrogen and oxygen atoms in total. The Hall–Kier alpha value is -1.42. The van der Waals surface area contributed by atoms with Crippen molar-refractivity contribution in [1.29, 1.82) is 0 Å². The molecule has 2 saturated carbocycles. The van der Waals surface area contributed by atoms with Gasteiger partial charge < -0.3 is 10.0 Å². The maximum absolute atomic E-state index is 10.6. The van der Waals surface area contributed by atoms with E-state index in [1.165, 1.54) is 12.8 Å². The molecule has 3 fully saturated rings. The van der Waals surface area contributed by atoms with Gasteiger partial charge in [-0.2, -0.15) is 0 Å². The third-order valence-corrected chi connectivity index (χ3v) is 5.05. The topological polar surface area (TPSA) is 53.4 Å². The smallest absolute Gasteiger partial charge is 0.151 e. The summed E-state index contributed by atoms with van der Waals surface area (Å²) in [5, 5.41) is 10.3. The number of anilines is 1. The highest BCUT2D eigenvalue weighted by atomic mass is 16.3. The van der Waals surface area contributed by atoms with Gasteiger partial charge in [0.1, 0.15) is 5.82 Å². The Labute approximate surface area is 106 Å². The monoisotopic (exact) mass is 244 g/mol. The molecule has 0 aromatic carbocycles. The van der Waals surface area contributed by atoms with Crippen molar-refractivity contribution in [3.63, 3.8) is 0 Å². The number of carbonyl (C=O) groups excluding carboxylic acids is 1. The summed E-state index contributed by atoms with van der Waals surface area (Å²) in [6.07, 6.45) is 4.58. The first kappa shape index (κ1) is 10.5. The van der Waals surface area contributed by atoms with E-state index >= 15 is 0 Å².